The summed E-state index contributed by atoms with van der Waals surface area (Å²) < 4.78 is 23.2. The first-order valence-electron chi connectivity index (χ1n) is 6.24. The van der Waals surface area contributed by atoms with Gasteiger partial charge in [-0.1, -0.05) is 23.7 Å². The van der Waals surface area contributed by atoms with Crippen molar-refractivity contribution >= 4 is 32.9 Å². The highest BCUT2D eigenvalue weighted by atomic mass is 35.5. The standard InChI is InChI=1S/C14H16ClN3O2S/c1-9-6-5-7-11(10(9)2)18(3)13-8-12(15)16-14(17-13)21(4,19)20/h5-8H,1-4H3. The predicted octanol–water partition coefficient (Wildman–Crippen LogP) is 2.92. The fourth-order valence-corrected chi connectivity index (χ4v) is 2.70. The van der Waals surface area contributed by atoms with Gasteiger partial charge in [-0.2, -0.15) is 0 Å². The van der Waals surface area contributed by atoms with Gasteiger partial charge < -0.3 is 4.90 Å². The van der Waals surface area contributed by atoms with E-state index in [1.54, 1.807) is 4.90 Å². The van der Waals surface area contributed by atoms with Crippen LogP contribution in [0, 0.1) is 13.8 Å². The molecule has 0 spiro atoms. The van der Waals surface area contributed by atoms with Crippen molar-refractivity contribution in [1.29, 1.82) is 0 Å². The number of aryl methyl sites for hydroxylation is 1. The van der Waals surface area contributed by atoms with E-state index in [2.05, 4.69) is 9.97 Å². The van der Waals surface area contributed by atoms with Crippen LogP contribution in [0.4, 0.5) is 11.5 Å². The molecule has 7 heteroatoms. The van der Waals surface area contributed by atoms with Gasteiger partial charge in [0.25, 0.3) is 0 Å². The monoisotopic (exact) mass is 325 g/mol. The second kappa shape index (κ2) is 5.61. The van der Waals surface area contributed by atoms with E-state index in [1.807, 2.05) is 39.1 Å². The van der Waals surface area contributed by atoms with Crippen molar-refractivity contribution in [2.24, 2.45) is 0 Å². The predicted molar refractivity (Wildman–Crippen MR) is 84.1 cm³/mol. The minimum absolute atomic E-state index is 0.0950. The van der Waals surface area contributed by atoms with E-state index < -0.39 is 9.84 Å². The first kappa shape index (κ1) is 15.7. The van der Waals surface area contributed by atoms with Gasteiger partial charge >= 0.3 is 0 Å². The highest BCUT2D eigenvalue weighted by Gasteiger charge is 2.17. The Morgan fingerprint density at radius 1 is 1.19 bits per heavy atom. The maximum Gasteiger partial charge on any atom is 0.250 e. The summed E-state index contributed by atoms with van der Waals surface area (Å²) in [5.74, 6) is 0.434. The maximum atomic E-state index is 11.6. The molecule has 0 saturated carbocycles. The zero-order valence-electron chi connectivity index (χ0n) is 12.3. The smallest absolute Gasteiger partial charge is 0.250 e. The molecule has 0 atom stereocenters. The minimum Gasteiger partial charge on any atom is -0.329 e. The van der Waals surface area contributed by atoms with E-state index >= 15 is 0 Å². The molecule has 0 aliphatic heterocycles. The number of aromatic nitrogens is 2. The van der Waals surface area contributed by atoms with Crippen molar-refractivity contribution in [2.45, 2.75) is 19.0 Å². The van der Waals surface area contributed by atoms with E-state index in [0.29, 0.717) is 5.82 Å². The molecule has 1 aromatic heterocycles. The maximum absolute atomic E-state index is 11.6. The van der Waals surface area contributed by atoms with Crippen LogP contribution in [0.2, 0.25) is 5.15 Å². The van der Waals surface area contributed by atoms with Gasteiger partial charge in [0, 0.05) is 25.1 Å². The molecule has 2 rings (SSSR count). The van der Waals surface area contributed by atoms with Gasteiger partial charge in [0.1, 0.15) is 11.0 Å². The number of hydrogen-bond donors (Lipinski definition) is 0. The van der Waals surface area contributed by atoms with Crippen LogP contribution >= 0.6 is 11.6 Å². The molecule has 0 saturated heterocycles. The van der Waals surface area contributed by atoms with Gasteiger partial charge in [0.05, 0.1) is 0 Å². The number of anilines is 2. The molecule has 0 aliphatic carbocycles. The highest BCUT2D eigenvalue weighted by molar-refractivity contribution is 7.90. The minimum atomic E-state index is -3.52. The number of halogens is 1. The van der Waals surface area contributed by atoms with E-state index in [1.165, 1.54) is 6.07 Å². The Hall–Kier alpha value is -1.66. The zero-order chi connectivity index (χ0) is 15.8. The summed E-state index contributed by atoms with van der Waals surface area (Å²) in [6.45, 7) is 4.02. The first-order chi connectivity index (χ1) is 9.70. The van der Waals surface area contributed by atoms with Gasteiger partial charge in [-0.15, -0.1) is 0 Å². The third kappa shape index (κ3) is 3.33. The van der Waals surface area contributed by atoms with Crippen molar-refractivity contribution in [2.75, 3.05) is 18.2 Å². The molecule has 0 aliphatic rings. The lowest BCUT2D eigenvalue weighted by atomic mass is 10.1. The van der Waals surface area contributed by atoms with E-state index in [4.69, 9.17) is 11.6 Å². The second-order valence-corrected chi connectivity index (χ2v) is 7.18. The lowest BCUT2D eigenvalue weighted by Gasteiger charge is -2.21. The summed E-state index contributed by atoms with van der Waals surface area (Å²) in [6.07, 6.45) is 1.06. The fourth-order valence-electron chi connectivity index (χ4n) is 1.95. The van der Waals surface area contributed by atoms with Crippen molar-refractivity contribution in [3.8, 4) is 0 Å². The second-order valence-electron chi connectivity index (χ2n) is 4.88. The Balaban J connectivity index is 2.56. The number of hydrogen-bond acceptors (Lipinski definition) is 5. The van der Waals surface area contributed by atoms with Crippen molar-refractivity contribution in [3.05, 3.63) is 40.5 Å². The topological polar surface area (TPSA) is 63.2 Å². The molecule has 0 bridgehead atoms. The Bertz CT molecular complexity index is 791. The molecule has 0 unspecified atom stereocenters. The molecule has 2 aromatic rings. The number of nitrogens with zero attached hydrogens (tertiary/aromatic N) is 3. The highest BCUT2D eigenvalue weighted by Crippen LogP contribution is 2.28. The molecule has 0 amide bonds. The van der Waals surface area contributed by atoms with E-state index in [9.17, 15) is 8.42 Å². The lowest BCUT2D eigenvalue weighted by molar-refractivity contribution is 0.593. The SMILES string of the molecule is Cc1cccc(N(C)c2cc(Cl)nc(S(C)(=O)=O)n2)c1C. The Labute approximate surface area is 129 Å². The third-order valence-electron chi connectivity index (χ3n) is 3.27. The van der Waals surface area contributed by atoms with Crippen LogP contribution in [0.5, 0.6) is 0 Å². The van der Waals surface area contributed by atoms with Crippen LogP contribution in [0.3, 0.4) is 0 Å². The molecule has 0 radical (unpaired) electrons. The largest absolute Gasteiger partial charge is 0.329 e. The summed E-state index contributed by atoms with van der Waals surface area (Å²) in [5.41, 5.74) is 3.17. The Morgan fingerprint density at radius 3 is 2.48 bits per heavy atom. The van der Waals surface area contributed by atoms with E-state index in [0.717, 1.165) is 23.1 Å². The fraction of sp³-hybridized carbons (Fsp3) is 0.286. The van der Waals surface area contributed by atoms with Gasteiger partial charge in [0.15, 0.2) is 0 Å². The van der Waals surface area contributed by atoms with Crippen molar-refractivity contribution < 1.29 is 8.42 Å². The van der Waals surface area contributed by atoms with Gasteiger partial charge in [0.2, 0.25) is 15.0 Å². The van der Waals surface area contributed by atoms with Crippen LogP contribution in [0.25, 0.3) is 0 Å². The van der Waals surface area contributed by atoms with Crippen LogP contribution < -0.4 is 4.90 Å². The summed E-state index contributed by atoms with van der Waals surface area (Å²) >= 11 is 5.92. The Kier molecular flexibility index (Phi) is 4.20. The quantitative estimate of drug-likeness (QED) is 0.641. The Morgan fingerprint density at radius 2 is 1.86 bits per heavy atom. The summed E-state index contributed by atoms with van der Waals surface area (Å²) in [4.78, 5) is 9.65. The molecular weight excluding hydrogens is 310 g/mol. The molecule has 112 valence electrons. The van der Waals surface area contributed by atoms with E-state index in [-0.39, 0.29) is 10.3 Å². The number of benzene rings is 1. The average molecular weight is 326 g/mol. The van der Waals surface area contributed by atoms with Crippen molar-refractivity contribution in [3.63, 3.8) is 0 Å². The molecule has 0 fully saturated rings. The van der Waals surface area contributed by atoms with Gasteiger partial charge in [-0.3, -0.25) is 0 Å². The van der Waals surface area contributed by atoms with Crippen LogP contribution in [-0.2, 0) is 9.84 Å². The number of sulfone groups is 1. The molecule has 1 aromatic carbocycles. The molecule has 5 nitrogen and oxygen atoms in total. The average Bonchev–Trinajstić information content (AvgIpc) is 2.39. The summed E-state index contributed by atoms with van der Waals surface area (Å²) in [5, 5.41) is -0.181. The molecular formula is C14H16ClN3O2S. The van der Waals surface area contributed by atoms with Gasteiger partial charge in [-0.25, -0.2) is 18.4 Å². The van der Waals surface area contributed by atoms with Crippen LogP contribution in [0.15, 0.2) is 29.4 Å². The third-order valence-corrected chi connectivity index (χ3v) is 4.31. The summed E-state index contributed by atoms with van der Waals surface area (Å²) in [6, 6.07) is 7.44. The first-order valence-corrected chi connectivity index (χ1v) is 8.51. The van der Waals surface area contributed by atoms with Gasteiger partial charge in [-0.05, 0) is 31.0 Å². The molecule has 21 heavy (non-hydrogen) atoms. The van der Waals surface area contributed by atoms with Crippen LogP contribution in [0.1, 0.15) is 11.1 Å². The van der Waals surface area contributed by atoms with Crippen LogP contribution in [-0.4, -0.2) is 31.7 Å². The molecule has 0 N–H and O–H groups in total. The summed E-state index contributed by atoms with van der Waals surface area (Å²) in [7, 11) is -1.70. The lowest BCUT2D eigenvalue weighted by Crippen LogP contribution is -2.15. The normalized spacial score (nSPS) is 11.5. The number of rotatable bonds is 3. The molecule has 1 heterocycles. The van der Waals surface area contributed by atoms with Crippen molar-refractivity contribution in [1.82, 2.24) is 9.97 Å². The zero-order valence-corrected chi connectivity index (χ0v) is 13.8.